The van der Waals surface area contributed by atoms with Crippen LogP contribution in [0, 0.1) is 0 Å². The number of hydrogen-bond donors (Lipinski definition) is 1. The van der Waals surface area contributed by atoms with E-state index in [0.717, 1.165) is 8.78 Å². The van der Waals surface area contributed by atoms with Gasteiger partial charge < -0.3 is 14.8 Å². The third kappa shape index (κ3) is 5.62. The molecule has 1 amide bonds. The molecule has 172 valence electrons. The van der Waals surface area contributed by atoms with Gasteiger partial charge in [0.15, 0.2) is 11.5 Å². The molecule has 0 fully saturated rings. The molecule has 1 aliphatic heterocycles. The van der Waals surface area contributed by atoms with Gasteiger partial charge >= 0.3 is 0 Å². The van der Waals surface area contributed by atoms with Crippen molar-refractivity contribution in [1.82, 2.24) is 4.31 Å². The van der Waals surface area contributed by atoms with Gasteiger partial charge in [-0.1, -0.05) is 45.2 Å². The zero-order valence-corrected chi connectivity index (χ0v) is 20.8. The lowest BCUT2D eigenvalue weighted by Gasteiger charge is -2.22. The van der Waals surface area contributed by atoms with Crippen LogP contribution in [0.3, 0.4) is 0 Å². The molecule has 4 rings (SSSR count). The van der Waals surface area contributed by atoms with Gasteiger partial charge in [0, 0.05) is 22.8 Å². The second-order valence-corrected chi connectivity index (χ2v) is 10.8. The largest absolute Gasteiger partial charge is 0.454 e. The van der Waals surface area contributed by atoms with Crippen molar-refractivity contribution in [2.45, 2.75) is 11.4 Å². The third-order valence-electron chi connectivity index (χ3n) is 4.77. The van der Waals surface area contributed by atoms with Crippen molar-refractivity contribution in [3.05, 3.63) is 80.7 Å². The molecule has 0 unspecified atom stereocenters. The molecule has 1 aliphatic rings. The molecule has 7 nitrogen and oxygen atoms in total. The summed E-state index contributed by atoms with van der Waals surface area (Å²) in [5, 5.41) is 3.35. The quantitative estimate of drug-likeness (QED) is 0.415. The van der Waals surface area contributed by atoms with Gasteiger partial charge in [-0.2, -0.15) is 4.31 Å². The molecule has 0 aromatic heterocycles. The number of hydrogen-bond acceptors (Lipinski definition) is 5. The number of nitrogens with one attached hydrogen (secondary N) is 1. The minimum Gasteiger partial charge on any atom is -0.454 e. The summed E-state index contributed by atoms with van der Waals surface area (Å²) in [5.74, 6) is 0.560. The summed E-state index contributed by atoms with van der Waals surface area (Å²) >= 11 is 15.4. The topological polar surface area (TPSA) is 84.9 Å². The third-order valence-corrected chi connectivity index (χ3v) is 7.84. The molecule has 11 heteroatoms. The van der Waals surface area contributed by atoms with Crippen molar-refractivity contribution < 1.29 is 22.7 Å². The molecule has 0 atom stereocenters. The van der Waals surface area contributed by atoms with E-state index < -0.39 is 22.5 Å². The van der Waals surface area contributed by atoms with Crippen LogP contribution in [0.1, 0.15) is 5.56 Å². The van der Waals surface area contributed by atoms with Gasteiger partial charge in [0.2, 0.25) is 22.7 Å². The number of fused-ring (bicyclic) bond motifs is 1. The highest BCUT2D eigenvalue weighted by atomic mass is 79.9. The van der Waals surface area contributed by atoms with E-state index >= 15 is 0 Å². The van der Waals surface area contributed by atoms with Gasteiger partial charge in [-0.25, -0.2) is 8.42 Å². The summed E-state index contributed by atoms with van der Waals surface area (Å²) in [7, 11) is -4.00. The molecule has 3 aromatic carbocycles. The number of sulfonamides is 1. The Morgan fingerprint density at radius 1 is 0.970 bits per heavy atom. The van der Waals surface area contributed by atoms with Crippen LogP contribution < -0.4 is 14.8 Å². The van der Waals surface area contributed by atoms with Crippen molar-refractivity contribution in [3.63, 3.8) is 0 Å². The Kier molecular flexibility index (Phi) is 7.16. The van der Waals surface area contributed by atoms with E-state index in [4.69, 9.17) is 32.7 Å². The summed E-state index contributed by atoms with van der Waals surface area (Å²) in [5.41, 5.74) is 1.04. The maximum Gasteiger partial charge on any atom is 0.243 e. The van der Waals surface area contributed by atoms with Crippen molar-refractivity contribution in [2.75, 3.05) is 18.7 Å². The van der Waals surface area contributed by atoms with Crippen LogP contribution in [0.15, 0.2) is 70.0 Å². The Morgan fingerprint density at radius 2 is 1.70 bits per heavy atom. The molecule has 0 radical (unpaired) electrons. The van der Waals surface area contributed by atoms with Crippen LogP contribution in [0.5, 0.6) is 11.5 Å². The number of carbonyl (C=O) groups is 1. The Balaban J connectivity index is 1.59. The molecular formula is C22H17BrCl2N2O5S. The van der Waals surface area contributed by atoms with E-state index in [-0.39, 0.29) is 18.2 Å². The lowest BCUT2D eigenvalue weighted by atomic mass is 10.2. The molecule has 1 N–H and O–H groups in total. The van der Waals surface area contributed by atoms with Gasteiger partial charge in [0.1, 0.15) is 0 Å². The molecule has 33 heavy (non-hydrogen) atoms. The van der Waals surface area contributed by atoms with Gasteiger partial charge in [-0.15, -0.1) is 0 Å². The normalized spacial score (nSPS) is 12.7. The minimum atomic E-state index is -4.00. The highest BCUT2D eigenvalue weighted by Crippen LogP contribution is 2.34. The van der Waals surface area contributed by atoms with E-state index in [1.165, 1.54) is 12.1 Å². The van der Waals surface area contributed by atoms with E-state index in [2.05, 4.69) is 21.2 Å². The molecule has 0 spiro atoms. The summed E-state index contributed by atoms with van der Waals surface area (Å²) in [6.45, 7) is -0.396. The number of halogens is 3. The van der Waals surface area contributed by atoms with Crippen molar-refractivity contribution >= 4 is 60.7 Å². The van der Waals surface area contributed by atoms with Crippen LogP contribution >= 0.6 is 39.1 Å². The highest BCUT2D eigenvalue weighted by Gasteiger charge is 2.27. The van der Waals surface area contributed by atoms with Gasteiger partial charge in [0.05, 0.1) is 21.5 Å². The molecular weight excluding hydrogens is 555 g/mol. The number of ether oxygens (including phenoxy) is 2. The highest BCUT2D eigenvalue weighted by molar-refractivity contribution is 9.10. The Bertz CT molecular complexity index is 1300. The maximum absolute atomic E-state index is 13.4. The number of rotatable bonds is 7. The van der Waals surface area contributed by atoms with E-state index in [0.29, 0.717) is 32.8 Å². The average molecular weight is 572 g/mol. The Hall–Kier alpha value is -2.30. The van der Waals surface area contributed by atoms with Crippen molar-refractivity contribution in [1.29, 1.82) is 0 Å². The Morgan fingerprint density at radius 3 is 2.42 bits per heavy atom. The van der Waals surface area contributed by atoms with E-state index in [1.54, 1.807) is 48.5 Å². The smallest absolute Gasteiger partial charge is 0.243 e. The first-order valence-corrected chi connectivity index (χ1v) is 12.6. The lowest BCUT2D eigenvalue weighted by Crippen LogP contribution is -2.37. The van der Waals surface area contributed by atoms with E-state index in [9.17, 15) is 13.2 Å². The standard InChI is InChI=1S/C22H17BrCl2N2O5S/c23-15-2-5-17(6-3-15)33(29,30)27(11-14-1-7-18(24)19(25)9-14)12-22(28)26-16-4-8-20-21(10-16)32-13-31-20/h1-10H,11-13H2,(H,26,28). The van der Waals surface area contributed by atoms with Crippen molar-refractivity contribution in [3.8, 4) is 11.5 Å². The monoisotopic (exact) mass is 570 g/mol. The zero-order chi connectivity index (χ0) is 23.6. The van der Waals surface area contributed by atoms with Gasteiger partial charge in [-0.3, -0.25) is 4.79 Å². The van der Waals surface area contributed by atoms with Crippen LogP contribution in [0.2, 0.25) is 10.0 Å². The predicted molar refractivity (Wildman–Crippen MR) is 129 cm³/mol. The molecule has 0 aliphatic carbocycles. The summed E-state index contributed by atoms with van der Waals surface area (Å²) in [6, 6.07) is 15.9. The molecule has 1 heterocycles. The number of anilines is 1. The molecule has 0 bridgehead atoms. The summed E-state index contributed by atoms with van der Waals surface area (Å²) in [4.78, 5) is 12.9. The summed E-state index contributed by atoms with van der Waals surface area (Å²) in [6.07, 6.45) is 0. The fourth-order valence-corrected chi connectivity index (χ4v) is 5.13. The molecule has 0 saturated heterocycles. The Labute approximate surface area is 209 Å². The second-order valence-electron chi connectivity index (χ2n) is 7.09. The van der Waals surface area contributed by atoms with Gasteiger partial charge in [-0.05, 0) is 54.1 Å². The maximum atomic E-state index is 13.4. The zero-order valence-electron chi connectivity index (χ0n) is 16.9. The number of nitrogens with zero attached hydrogens (tertiary/aromatic N) is 1. The first-order valence-electron chi connectivity index (χ1n) is 9.61. The fraction of sp³-hybridized carbons (Fsp3) is 0.136. The second kappa shape index (κ2) is 9.90. The predicted octanol–water partition coefficient (Wildman–Crippen LogP) is 5.31. The summed E-state index contributed by atoms with van der Waals surface area (Å²) < 4.78 is 39.1. The van der Waals surface area contributed by atoms with Crippen LogP contribution in [0.4, 0.5) is 5.69 Å². The number of carbonyl (C=O) groups excluding carboxylic acids is 1. The van der Waals surface area contributed by atoms with Crippen LogP contribution in [-0.4, -0.2) is 32.0 Å². The number of benzene rings is 3. The van der Waals surface area contributed by atoms with Gasteiger partial charge in [0.25, 0.3) is 0 Å². The first kappa shape index (κ1) is 23.8. The van der Waals surface area contributed by atoms with Crippen molar-refractivity contribution in [2.24, 2.45) is 0 Å². The fourth-order valence-electron chi connectivity index (χ4n) is 3.16. The molecule has 0 saturated carbocycles. The van der Waals surface area contributed by atoms with E-state index in [1.807, 2.05) is 0 Å². The first-order chi connectivity index (χ1) is 15.7. The lowest BCUT2D eigenvalue weighted by molar-refractivity contribution is -0.116. The van der Waals surface area contributed by atoms with Crippen LogP contribution in [0.25, 0.3) is 0 Å². The number of amides is 1. The average Bonchev–Trinajstić information content (AvgIpc) is 3.24. The van der Waals surface area contributed by atoms with Crippen LogP contribution in [-0.2, 0) is 21.4 Å². The minimum absolute atomic E-state index is 0.0571. The molecule has 3 aromatic rings. The SMILES string of the molecule is O=C(CN(Cc1ccc(Cl)c(Cl)c1)S(=O)(=O)c1ccc(Br)cc1)Nc1ccc2c(c1)OCO2.